The molecule has 0 unspecified atom stereocenters. The molecule has 0 saturated carbocycles. The zero-order valence-corrected chi connectivity index (χ0v) is 18.1. The van der Waals surface area contributed by atoms with Gasteiger partial charge in [0.15, 0.2) is 0 Å². The number of aromatic nitrogens is 1. The lowest BCUT2D eigenvalue weighted by molar-refractivity contribution is -0.155. The van der Waals surface area contributed by atoms with E-state index in [0.29, 0.717) is 18.6 Å². The Labute approximate surface area is 181 Å². The van der Waals surface area contributed by atoms with Crippen molar-refractivity contribution in [2.24, 2.45) is 0 Å². The van der Waals surface area contributed by atoms with Crippen molar-refractivity contribution in [1.29, 1.82) is 0 Å². The maximum Gasteiger partial charge on any atom is 0.452 e. The summed E-state index contributed by atoms with van der Waals surface area (Å²) in [5.74, 6) is -0.711. The van der Waals surface area contributed by atoms with E-state index < -0.39 is 22.0 Å². The highest BCUT2D eigenvalue weighted by molar-refractivity contribution is 7.91. The smallest absolute Gasteiger partial charge is 0.452 e. The first-order valence-electron chi connectivity index (χ1n) is 9.51. The highest BCUT2D eigenvalue weighted by atomic mass is 32.2. The van der Waals surface area contributed by atoms with E-state index in [4.69, 9.17) is 4.42 Å². The van der Waals surface area contributed by atoms with Gasteiger partial charge in [0.05, 0.1) is 17.7 Å². The second kappa shape index (κ2) is 8.41. The number of nitrogens with zero attached hydrogens (tertiary/aromatic N) is 3. The Morgan fingerprint density at radius 1 is 1.26 bits per heavy atom. The fourth-order valence-electron chi connectivity index (χ4n) is 3.49. The molecule has 31 heavy (non-hydrogen) atoms. The fraction of sp³-hybridized carbons (Fsp3) is 0.421. The summed E-state index contributed by atoms with van der Waals surface area (Å²) in [6.45, 7) is 1.62. The molecular weight excluding hydrogens is 455 g/mol. The van der Waals surface area contributed by atoms with Crippen molar-refractivity contribution >= 4 is 21.4 Å². The van der Waals surface area contributed by atoms with E-state index in [-0.39, 0.29) is 27.4 Å². The molecule has 168 valence electrons. The van der Waals surface area contributed by atoms with Crippen LogP contribution in [0.5, 0.6) is 0 Å². The quantitative estimate of drug-likeness (QED) is 0.529. The van der Waals surface area contributed by atoms with Gasteiger partial charge >= 0.3 is 6.18 Å². The minimum Gasteiger partial charge on any atom is -0.468 e. The molecule has 1 aliphatic heterocycles. The van der Waals surface area contributed by atoms with E-state index in [0.717, 1.165) is 30.5 Å². The Bertz CT molecular complexity index is 1110. The Hall–Kier alpha value is -2.15. The second-order valence-electron chi connectivity index (χ2n) is 7.36. The van der Waals surface area contributed by atoms with E-state index in [1.54, 1.807) is 12.1 Å². The molecule has 0 atom stereocenters. The molecular formula is C19H20F3N3O4S2. The first-order chi connectivity index (χ1) is 14.6. The molecule has 1 aliphatic rings. The SMILES string of the molecule is CN1CCC(N(Cc2ccco2)S(=O)(=O)c2ccc(-c3cc(C(F)(F)F)on3)s2)CC1. The van der Waals surface area contributed by atoms with Crippen LogP contribution in [0.15, 0.2) is 49.7 Å². The first-order valence-corrected chi connectivity index (χ1v) is 11.8. The van der Waals surface area contributed by atoms with E-state index >= 15 is 0 Å². The number of furan rings is 1. The molecule has 0 radical (unpaired) electrons. The summed E-state index contributed by atoms with van der Waals surface area (Å²) < 4.78 is 76.6. The first kappa shape index (κ1) is 22.1. The summed E-state index contributed by atoms with van der Waals surface area (Å²) >= 11 is 0.862. The van der Waals surface area contributed by atoms with Gasteiger partial charge in [-0.2, -0.15) is 17.5 Å². The Balaban J connectivity index is 1.63. The van der Waals surface area contributed by atoms with Gasteiger partial charge in [-0.05, 0) is 57.2 Å². The zero-order chi connectivity index (χ0) is 22.2. The predicted octanol–water partition coefficient (Wildman–Crippen LogP) is 4.30. The van der Waals surface area contributed by atoms with E-state index in [1.165, 1.54) is 22.7 Å². The van der Waals surface area contributed by atoms with Gasteiger partial charge in [-0.1, -0.05) is 5.16 Å². The van der Waals surface area contributed by atoms with E-state index in [2.05, 4.69) is 14.6 Å². The zero-order valence-electron chi connectivity index (χ0n) is 16.5. The Morgan fingerprint density at radius 2 is 2.00 bits per heavy atom. The lowest BCUT2D eigenvalue weighted by Crippen LogP contribution is -2.45. The van der Waals surface area contributed by atoms with Crippen LogP contribution < -0.4 is 0 Å². The summed E-state index contributed by atoms with van der Waals surface area (Å²) in [5.41, 5.74) is -0.0596. The van der Waals surface area contributed by atoms with Crippen LogP contribution in [0.4, 0.5) is 13.2 Å². The van der Waals surface area contributed by atoms with Crippen LogP contribution in [-0.4, -0.2) is 49.0 Å². The van der Waals surface area contributed by atoms with Crippen molar-refractivity contribution in [3.63, 3.8) is 0 Å². The lowest BCUT2D eigenvalue weighted by atomic mass is 10.1. The topological polar surface area (TPSA) is 79.8 Å². The van der Waals surface area contributed by atoms with Gasteiger partial charge in [-0.3, -0.25) is 0 Å². The van der Waals surface area contributed by atoms with Crippen molar-refractivity contribution in [2.75, 3.05) is 20.1 Å². The molecule has 0 aliphatic carbocycles. The number of rotatable bonds is 6. The van der Waals surface area contributed by atoms with Crippen LogP contribution in [0.2, 0.25) is 0 Å². The van der Waals surface area contributed by atoms with Gasteiger partial charge in [0.25, 0.3) is 10.0 Å². The predicted molar refractivity (Wildman–Crippen MR) is 107 cm³/mol. The second-order valence-corrected chi connectivity index (χ2v) is 10.6. The van der Waals surface area contributed by atoms with Gasteiger partial charge in [0.1, 0.15) is 15.7 Å². The number of thiophene rings is 1. The summed E-state index contributed by atoms with van der Waals surface area (Å²) in [6, 6.07) is 6.80. The molecule has 1 fully saturated rings. The van der Waals surface area contributed by atoms with Crippen molar-refractivity contribution in [3.8, 4) is 10.6 Å². The average Bonchev–Trinajstić information content (AvgIpc) is 3.47. The monoisotopic (exact) mass is 475 g/mol. The van der Waals surface area contributed by atoms with Crippen LogP contribution in [-0.2, 0) is 22.7 Å². The maximum absolute atomic E-state index is 13.5. The minimum atomic E-state index is -4.66. The van der Waals surface area contributed by atoms with Crippen molar-refractivity contribution in [1.82, 2.24) is 14.4 Å². The summed E-state index contributed by atoms with van der Waals surface area (Å²) in [4.78, 5) is 2.42. The minimum absolute atomic E-state index is 0.0320. The van der Waals surface area contributed by atoms with Crippen molar-refractivity contribution in [2.45, 2.75) is 35.8 Å². The molecule has 3 aromatic heterocycles. The third-order valence-electron chi connectivity index (χ3n) is 5.17. The van der Waals surface area contributed by atoms with Gasteiger partial charge in [0, 0.05) is 12.1 Å². The highest BCUT2D eigenvalue weighted by Crippen LogP contribution is 2.37. The van der Waals surface area contributed by atoms with Crippen molar-refractivity contribution < 1.29 is 30.5 Å². The highest BCUT2D eigenvalue weighted by Gasteiger charge is 2.37. The lowest BCUT2D eigenvalue weighted by Gasteiger charge is -2.35. The molecule has 0 bridgehead atoms. The Morgan fingerprint density at radius 3 is 2.61 bits per heavy atom. The summed E-state index contributed by atoms with van der Waals surface area (Å²) in [5, 5.41) is 3.44. The molecule has 7 nitrogen and oxygen atoms in total. The molecule has 1 saturated heterocycles. The molecule has 12 heteroatoms. The number of hydrogen-bond donors (Lipinski definition) is 0. The van der Waals surface area contributed by atoms with E-state index in [9.17, 15) is 21.6 Å². The number of likely N-dealkylation sites (tertiary alicyclic amines) is 1. The third kappa shape index (κ3) is 4.71. The van der Waals surface area contributed by atoms with E-state index in [1.807, 2.05) is 7.05 Å². The summed E-state index contributed by atoms with van der Waals surface area (Å²) in [6.07, 6.45) is -1.83. The van der Waals surface area contributed by atoms with Crippen LogP contribution in [0.3, 0.4) is 0 Å². The molecule has 3 aromatic rings. The third-order valence-corrected chi connectivity index (χ3v) is 8.65. The van der Waals surface area contributed by atoms with Crippen LogP contribution in [0, 0.1) is 0 Å². The maximum atomic E-state index is 13.5. The average molecular weight is 476 g/mol. The normalized spacial score (nSPS) is 16.9. The summed E-state index contributed by atoms with van der Waals surface area (Å²) in [7, 11) is -1.92. The van der Waals surface area contributed by atoms with Crippen LogP contribution >= 0.6 is 11.3 Å². The Kier molecular flexibility index (Phi) is 5.99. The molecule has 4 heterocycles. The largest absolute Gasteiger partial charge is 0.468 e. The van der Waals surface area contributed by atoms with Crippen LogP contribution in [0.1, 0.15) is 24.4 Å². The standard InChI is InChI=1S/C19H20F3N3O4S2/c1-24-8-6-13(7-9-24)25(12-14-3-2-10-28-14)31(26,27)18-5-4-16(30-18)15-11-17(29-23-15)19(20,21)22/h2-5,10-11,13H,6-9,12H2,1H3. The van der Waals surface area contributed by atoms with Crippen LogP contribution in [0.25, 0.3) is 10.6 Å². The van der Waals surface area contributed by atoms with Gasteiger partial charge < -0.3 is 13.8 Å². The number of alkyl halides is 3. The molecule has 0 amide bonds. The number of piperidine rings is 1. The van der Waals surface area contributed by atoms with Gasteiger partial charge in [-0.15, -0.1) is 11.3 Å². The molecule has 0 spiro atoms. The number of hydrogen-bond acceptors (Lipinski definition) is 7. The molecule has 4 rings (SSSR count). The fourth-order valence-corrected chi connectivity index (χ4v) is 6.53. The number of halogens is 3. The van der Waals surface area contributed by atoms with Gasteiger partial charge in [-0.25, -0.2) is 8.42 Å². The molecule has 0 N–H and O–H groups in total. The van der Waals surface area contributed by atoms with Crippen molar-refractivity contribution in [3.05, 3.63) is 48.1 Å². The number of sulfonamides is 1. The van der Waals surface area contributed by atoms with Gasteiger partial charge in [0.2, 0.25) is 5.76 Å². The molecule has 0 aromatic carbocycles.